The Morgan fingerprint density at radius 2 is 1.71 bits per heavy atom. The molecule has 0 unspecified atom stereocenters. The number of ether oxygens (including phenoxy) is 1. The van der Waals surface area contributed by atoms with Crippen molar-refractivity contribution >= 4 is 29.2 Å². The van der Waals surface area contributed by atoms with Crippen molar-refractivity contribution in [2.45, 2.75) is 25.2 Å². The second kappa shape index (κ2) is 11.2. The molecule has 0 atom stereocenters. The molecule has 5 nitrogen and oxygen atoms in total. The minimum Gasteiger partial charge on any atom is -0.465 e. The predicted octanol–water partition coefficient (Wildman–Crippen LogP) is 5.48. The molecule has 1 fully saturated rings. The van der Waals surface area contributed by atoms with E-state index in [2.05, 4.69) is 40.5 Å². The largest absolute Gasteiger partial charge is 0.465 e. The van der Waals surface area contributed by atoms with Crippen molar-refractivity contribution in [2.24, 2.45) is 0 Å². The molecule has 0 saturated carbocycles. The van der Waals surface area contributed by atoms with E-state index >= 15 is 0 Å². The number of methoxy groups -OCH3 is 1. The van der Waals surface area contributed by atoms with Gasteiger partial charge in [0.25, 0.3) is 5.91 Å². The predicted molar refractivity (Wildman–Crippen MR) is 136 cm³/mol. The molecular formula is C28H29ClN2O3. The maximum absolute atomic E-state index is 13.1. The van der Waals surface area contributed by atoms with Crippen molar-refractivity contribution in [1.29, 1.82) is 0 Å². The van der Waals surface area contributed by atoms with Crippen molar-refractivity contribution in [3.63, 3.8) is 0 Å². The molecule has 0 bridgehead atoms. The Morgan fingerprint density at radius 3 is 2.38 bits per heavy atom. The Morgan fingerprint density at radius 1 is 1.00 bits per heavy atom. The molecule has 34 heavy (non-hydrogen) atoms. The standard InChI is InChI=1S/C28H29ClN2O3/c1-34-28(33)23-9-7-20(8-10-23)13-16-30-27(32)25-19-24(29)11-12-26(25)31-17-14-22(15-18-31)21-5-3-2-4-6-21/h2-12,19,22H,13-18H2,1H3,(H,30,32). The highest BCUT2D eigenvalue weighted by Gasteiger charge is 2.24. The van der Waals surface area contributed by atoms with Crippen LogP contribution in [0, 0.1) is 0 Å². The van der Waals surface area contributed by atoms with E-state index in [1.165, 1.54) is 12.7 Å². The molecule has 3 aromatic rings. The van der Waals surface area contributed by atoms with E-state index in [9.17, 15) is 9.59 Å². The topological polar surface area (TPSA) is 58.6 Å². The lowest BCUT2D eigenvalue weighted by Gasteiger charge is -2.35. The van der Waals surface area contributed by atoms with Gasteiger partial charge in [-0.05, 0) is 66.6 Å². The third-order valence-corrected chi connectivity index (χ3v) is 6.62. The summed E-state index contributed by atoms with van der Waals surface area (Å²) >= 11 is 6.25. The summed E-state index contributed by atoms with van der Waals surface area (Å²) < 4.78 is 4.73. The lowest BCUT2D eigenvalue weighted by atomic mass is 9.89. The van der Waals surface area contributed by atoms with Gasteiger partial charge in [0, 0.05) is 30.3 Å². The number of hydrogen-bond donors (Lipinski definition) is 1. The summed E-state index contributed by atoms with van der Waals surface area (Å²) in [5.41, 5.74) is 4.45. The van der Waals surface area contributed by atoms with Gasteiger partial charge in [0.1, 0.15) is 0 Å². The third kappa shape index (κ3) is 5.78. The zero-order valence-electron chi connectivity index (χ0n) is 19.3. The monoisotopic (exact) mass is 476 g/mol. The van der Waals surface area contributed by atoms with Gasteiger partial charge in [0.05, 0.1) is 18.2 Å². The number of benzene rings is 3. The van der Waals surface area contributed by atoms with Gasteiger partial charge in [0.15, 0.2) is 0 Å². The molecule has 0 spiro atoms. The molecule has 0 radical (unpaired) electrons. The average Bonchev–Trinajstić information content (AvgIpc) is 2.89. The highest BCUT2D eigenvalue weighted by molar-refractivity contribution is 6.31. The van der Waals surface area contributed by atoms with Gasteiger partial charge in [-0.1, -0.05) is 54.1 Å². The Bertz CT molecular complexity index is 1120. The van der Waals surface area contributed by atoms with Crippen molar-refractivity contribution in [1.82, 2.24) is 5.32 Å². The quantitative estimate of drug-likeness (QED) is 0.458. The molecule has 0 aromatic heterocycles. The normalized spacial score (nSPS) is 14.0. The zero-order valence-corrected chi connectivity index (χ0v) is 20.1. The first-order valence-electron chi connectivity index (χ1n) is 11.6. The maximum Gasteiger partial charge on any atom is 0.337 e. The van der Waals surface area contributed by atoms with E-state index in [-0.39, 0.29) is 11.9 Å². The fourth-order valence-corrected chi connectivity index (χ4v) is 4.66. The minimum atomic E-state index is -0.360. The maximum atomic E-state index is 13.1. The fourth-order valence-electron chi connectivity index (χ4n) is 4.49. The molecule has 6 heteroatoms. The van der Waals surface area contributed by atoms with Gasteiger partial charge in [-0.3, -0.25) is 4.79 Å². The number of carbonyl (C=O) groups excluding carboxylic acids is 2. The molecule has 3 aromatic carbocycles. The smallest absolute Gasteiger partial charge is 0.337 e. The number of anilines is 1. The number of amides is 1. The minimum absolute atomic E-state index is 0.131. The molecule has 1 N–H and O–H groups in total. The molecule has 1 aliphatic rings. The summed E-state index contributed by atoms with van der Waals surface area (Å²) in [6.07, 6.45) is 2.76. The van der Waals surface area contributed by atoms with Gasteiger partial charge in [-0.25, -0.2) is 4.79 Å². The lowest BCUT2D eigenvalue weighted by molar-refractivity contribution is 0.0600. The van der Waals surface area contributed by atoms with E-state index < -0.39 is 0 Å². The molecular weight excluding hydrogens is 448 g/mol. The van der Waals surface area contributed by atoms with Crippen molar-refractivity contribution < 1.29 is 14.3 Å². The number of nitrogens with zero attached hydrogens (tertiary/aromatic N) is 1. The molecule has 1 saturated heterocycles. The van der Waals surface area contributed by atoms with E-state index in [1.54, 1.807) is 18.2 Å². The van der Waals surface area contributed by atoms with Crippen LogP contribution in [0.25, 0.3) is 0 Å². The number of rotatable bonds is 7. The van der Waals surface area contributed by atoms with Gasteiger partial charge in [0.2, 0.25) is 0 Å². The molecule has 1 aliphatic heterocycles. The number of esters is 1. The van der Waals surface area contributed by atoms with Crippen LogP contribution in [-0.2, 0) is 11.2 Å². The van der Waals surface area contributed by atoms with Crippen LogP contribution in [0.3, 0.4) is 0 Å². The average molecular weight is 477 g/mol. The van der Waals surface area contributed by atoms with Gasteiger partial charge in [-0.15, -0.1) is 0 Å². The van der Waals surface area contributed by atoms with Crippen LogP contribution in [0.5, 0.6) is 0 Å². The molecule has 0 aliphatic carbocycles. The summed E-state index contributed by atoms with van der Waals surface area (Å²) in [6, 6.07) is 23.4. The van der Waals surface area contributed by atoms with Crippen LogP contribution in [-0.4, -0.2) is 38.6 Å². The summed E-state index contributed by atoms with van der Waals surface area (Å²) in [5.74, 6) is 0.0580. The second-order valence-corrected chi connectivity index (χ2v) is 8.96. The summed E-state index contributed by atoms with van der Waals surface area (Å²) in [6.45, 7) is 2.28. The van der Waals surface area contributed by atoms with E-state index in [1.807, 2.05) is 24.3 Å². The number of carbonyl (C=O) groups is 2. The summed E-state index contributed by atoms with van der Waals surface area (Å²) in [5, 5.41) is 3.57. The number of hydrogen-bond acceptors (Lipinski definition) is 4. The molecule has 176 valence electrons. The summed E-state index contributed by atoms with van der Waals surface area (Å²) in [4.78, 5) is 26.9. The Hall–Kier alpha value is -3.31. The van der Waals surface area contributed by atoms with E-state index in [0.29, 0.717) is 35.0 Å². The highest BCUT2D eigenvalue weighted by atomic mass is 35.5. The molecule has 4 rings (SSSR count). The first-order chi connectivity index (χ1) is 16.5. The summed E-state index contributed by atoms with van der Waals surface area (Å²) in [7, 11) is 1.36. The van der Waals surface area contributed by atoms with Crippen LogP contribution in [0.2, 0.25) is 5.02 Å². The number of piperidine rings is 1. The van der Waals surface area contributed by atoms with Crippen LogP contribution < -0.4 is 10.2 Å². The van der Waals surface area contributed by atoms with Gasteiger partial charge >= 0.3 is 5.97 Å². The van der Waals surface area contributed by atoms with Crippen LogP contribution >= 0.6 is 11.6 Å². The Kier molecular flexibility index (Phi) is 7.86. The zero-order chi connectivity index (χ0) is 23.9. The Labute approximate surface area is 205 Å². The van der Waals surface area contributed by atoms with E-state index in [0.717, 1.165) is 37.2 Å². The van der Waals surface area contributed by atoms with Crippen molar-refractivity contribution in [2.75, 3.05) is 31.6 Å². The first kappa shape index (κ1) is 23.8. The van der Waals surface area contributed by atoms with Crippen molar-refractivity contribution in [3.8, 4) is 0 Å². The van der Waals surface area contributed by atoms with Crippen molar-refractivity contribution in [3.05, 3.63) is 100 Å². The highest BCUT2D eigenvalue weighted by Crippen LogP contribution is 2.32. The first-order valence-corrected chi connectivity index (χ1v) is 12.0. The van der Waals surface area contributed by atoms with Crippen LogP contribution in [0.1, 0.15) is 50.6 Å². The molecule has 1 heterocycles. The number of halogens is 1. The SMILES string of the molecule is COC(=O)c1ccc(CCNC(=O)c2cc(Cl)ccc2N2CCC(c3ccccc3)CC2)cc1. The van der Waals surface area contributed by atoms with Gasteiger partial charge in [-0.2, -0.15) is 0 Å². The van der Waals surface area contributed by atoms with Gasteiger partial charge < -0.3 is 15.0 Å². The third-order valence-electron chi connectivity index (χ3n) is 6.38. The molecule has 1 amide bonds. The lowest BCUT2D eigenvalue weighted by Crippen LogP contribution is -2.35. The Balaban J connectivity index is 1.37. The second-order valence-electron chi connectivity index (χ2n) is 8.53. The van der Waals surface area contributed by atoms with E-state index in [4.69, 9.17) is 16.3 Å². The van der Waals surface area contributed by atoms with Crippen LogP contribution in [0.15, 0.2) is 72.8 Å². The van der Waals surface area contributed by atoms with Crippen LogP contribution in [0.4, 0.5) is 5.69 Å². The fraction of sp³-hybridized carbons (Fsp3) is 0.286. The number of nitrogens with one attached hydrogen (secondary N) is 1.